The SMILES string of the molecule is O=c1c2c3c(sc2nnn1-c1ccccc1)CCCC3. The van der Waals surface area contributed by atoms with Crippen molar-refractivity contribution in [2.75, 3.05) is 0 Å². The van der Waals surface area contributed by atoms with Crippen molar-refractivity contribution in [1.82, 2.24) is 15.0 Å². The second-order valence-corrected chi connectivity index (χ2v) is 6.12. The largest absolute Gasteiger partial charge is 0.283 e. The third-order valence-electron chi connectivity index (χ3n) is 3.78. The van der Waals surface area contributed by atoms with Crippen molar-refractivity contribution < 1.29 is 0 Å². The summed E-state index contributed by atoms with van der Waals surface area (Å²) in [5.74, 6) is 0. The number of hydrogen-bond donors (Lipinski definition) is 0. The van der Waals surface area contributed by atoms with Gasteiger partial charge < -0.3 is 0 Å². The molecule has 0 N–H and O–H groups in total. The van der Waals surface area contributed by atoms with Crippen LogP contribution in [-0.4, -0.2) is 15.0 Å². The maximum Gasteiger partial charge on any atom is 0.283 e. The van der Waals surface area contributed by atoms with Crippen LogP contribution in [0.15, 0.2) is 35.1 Å². The first kappa shape index (κ1) is 11.8. The first-order valence-corrected chi connectivity index (χ1v) is 7.62. The van der Waals surface area contributed by atoms with Crippen LogP contribution in [0.5, 0.6) is 0 Å². The van der Waals surface area contributed by atoms with Crippen molar-refractivity contribution in [2.24, 2.45) is 0 Å². The Morgan fingerprint density at radius 3 is 2.75 bits per heavy atom. The zero-order valence-corrected chi connectivity index (χ0v) is 11.7. The summed E-state index contributed by atoms with van der Waals surface area (Å²) < 4.78 is 1.41. The number of rotatable bonds is 1. The van der Waals surface area contributed by atoms with Crippen molar-refractivity contribution in [3.63, 3.8) is 0 Å². The molecule has 0 saturated carbocycles. The van der Waals surface area contributed by atoms with Crippen molar-refractivity contribution >= 4 is 21.6 Å². The highest BCUT2D eigenvalue weighted by Gasteiger charge is 2.20. The van der Waals surface area contributed by atoms with E-state index in [1.54, 1.807) is 11.3 Å². The Morgan fingerprint density at radius 1 is 1.10 bits per heavy atom. The zero-order chi connectivity index (χ0) is 13.5. The molecule has 0 spiro atoms. The molecule has 0 aliphatic heterocycles. The molecule has 3 aromatic rings. The highest BCUT2D eigenvalue weighted by atomic mass is 32.1. The lowest BCUT2D eigenvalue weighted by Crippen LogP contribution is -2.22. The number of para-hydroxylation sites is 1. The first-order valence-electron chi connectivity index (χ1n) is 6.80. The molecule has 2 aromatic heterocycles. The van der Waals surface area contributed by atoms with Crippen LogP contribution in [0.25, 0.3) is 15.9 Å². The lowest BCUT2D eigenvalue weighted by Gasteiger charge is -2.10. The number of thiophene rings is 1. The minimum Gasteiger partial charge on any atom is -0.267 e. The summed E-state index contributed by atoms with van der Waals surface area (Å²) in [6.45, 7) is 0. The Labute approximate surface area is 119 Å². The number of aromatic nitrogens is 3. The fourth-order valence-electron chi connectivity index (χ4n) is 2.81. The normalized spacial score (nSPS) is 14.4. The molecule has 0 unspecified atom stereocenters. The number of nitrogens with zero attached hydrogens (tertiary/aromatic N) is 3. The van der Waals surface area contributed by atoms with Gasteiger partial charge in [0.15, 0.2) is 4.83 Å². The van der Waals surface area contributed by atoms with E-state index >= 15 is 0 Å². The number of fused-ring (bicyclic) bond motifs is 3. The molecule has 0 amide bonds. The van der Waals surface area contributed by atoms with Gasteiger partial charge in [0.1, 0.15) is 0 Å². The summed E-state index contributed by atoms with van der Waals surface area (Å²) in [4.78, 5) is 14.8. The number of benzene rings is 1. The quantitative estimate of drug-likeness (QED) is 0.690. The Bertz CT molecular complexity index is 835. The van der Waals surface area contributed by atoms with Gasteiger partial charge >= 0.3 is 0 Å². The van der Waals surface area contributed by atoms with Gasteiger partial charge in [-0.2, -0.15) is 4.68 Å². The maximum absolute atomic E-state index is 12.7. The van der Waals surface area contributed by atoms with Crippen LogP contribution in [-0.2, 0) is 12.8 Å². The Balaban J connectivity index is 2.02. The van der Waals surface area contributed by atoms with Crippen LogP contribution >= 0.6 is 11.3 Å². The van der Waals surface area contributed by atoms with E-state index in [1.807, 2.05) is 30.3 Å². The smallest absolute Gasteiger partial charge is 0.267 e. The molecule has 0 bridgehead atoms. The summed E-state index contributed by atoms with van der Waals surface area (Å²) in [7, 11) is 0. The summed E-state index contributed by atoms with van der Waals surface area (Å²) in [5, 5.41) is 9.12. The summed E-state index contributed by atoms with van der Waals surface area (Å²) in [6, 6.07) is 9.47. The van der Waals surface area contributed by atoms with Crippen LogP contribution in [0.2, 0.25) is 0 Å². The molecule has 5 heteroatoms. The monoisotopic (exact) mass is 283 g/mol. The predicted molar refractivity (Wildman–Crippen MR) is 79.7 cm³/mol. The van der Waals surface area contributed by atoms with Crippen LogP contribution in [0, 0.1) is 0 Å². The van der Waals surface area contributed by atoms with Gasteiger partial charge in [-0.05, 0) is 43.4 Å². The molecule has 0 atom stereocenters. The van der Waals surface area contributed by atoms with Gasteiger partial charge in [0.25, 0.3) is 5.56 Å². The van der Waals surface area contributed by atoms with Crippen LogP contribution < -0.4 is 5.56 Å². The van der Waals surface area contributed by atoms with E-state index in [-0.39, 0.29) is 5.56 Å². The van der Waals surface area contributed by atoms with Crippen LogP contribution in [0.4, 0.5) is 0 Å². The third kappa shape index (κ3) is 1.70. The highest BCUT2D eigenvalue weighted by Crippen LogP contribution is 2.33. The molecule has 4 rings (SSSR count). The minimum absolute atomic E-state index is 0.0411. The van der Waals surface area contributed by atoms with Gasteiger partial charge in [-0.3, -0.25) is 4.79 Å². The molecule has 1 aromatic carbocycles. The molecule has 0 fully saturated rings. The summed E-state index contributed by atoms with van der Waals surface area (Å²) in [6.07, 6.45) is 4.43. The molecule has 1 aliphatic carbocycles. The summed E-state index contributed by atoms with van der Waals surface area (Å²) in [5.41, 5.74) is 1.93. The van der Waals surface area contributed by atoms with E-state index in [4.69, 9.17) is 0 Å². The number of hydrogen-bond acceptors (Lipinski definition) is 4. The standard InChI is InChI=1S/C15H13N3OS/c19-15-13-11-8-4-5-9-12(11)20-14(13)16-17-18(15)10-6-2-1-3-7-10/h1-3,6-7H,4-5,8-9H2. The van der Waals surface area contributed by atoms with E-state index in [0.717, 1.165) is 35.2 Å². The van der Waals surface area contributed by atoms with E-state index in [1.165, 1.54) is 21.5 Å². The second kappa shape index (κ2) is 4.52. The molecular formula is C15H13N3OS. The predicted octanol–water partition coefficient (Wildman–Crippen LogP) is 2.72. The first-order chi connectivity index (χ1) is 9.84. The highest BCUT2D eigenvalue weighted by molar-refractivity contribution is 7.18. The summed E-state index contributed by atoms with van der Waals surface area (Å²) >= 11 is 1.63. The van der Waals surface area contributed by atoms with Crippen LogP contribution in [0.1, 0.15) is 23.3 Å². The lowest BCUT2D eigenvalue weighted by molar-refractivity contribution is 0.696. The van der Waals surface area contributed by atoms with Crippen molar-refractivity contribution in [1.29, 1.82) is 0 Å². The lowest BCUT2D eigenvalue weighted by atomic mass is 9.97. The average molecular weight is 283 g/mol. The Kier molecular flexibility index (Phi) is 2.67. The van der Waals surface area contributed by atoms with E-state index < -0.39 is 0 Å². The maximum atomic E-state index is 12.7. The van der Waals surface area contributed by atoms with Crippen molar-refractivity contribution in [3.8, 4) is 5.69 Å². The van der Waals surface area contributed by atoms with Gasteiger partial charge in [-0.15, -0.1) is 16.4 Å². The third-order valence-corrected chi connectivity index (χ3v) is 4.96. The molecule has 20 heavy (non-hydrogen) atoms. The van der Waals surface area contributed by atoms with Crippen molar-refractivity contribution in [3.05, 3.63) is 51.1 Å². The molecule has 0 radical (unpaired) electrons. The molecule has 0 saturated heterocycles. The molecule has 2 heterocycles. The minimum atomic E-state index is -0.0411. The van der Waals surface area contributed by atoms with Gasteiger partial charge in [0.2, 0.25) is 0 Å². The molecule has 1 aliphatic rings. The Hall–Kier alpha value is -2.01. The second-order valence-electron chi connectivity index (χ2n) is 5.03. The average Bonchev–Trinajstić information content (AvgIpc) is 2.88. The van der Waals surface area contributed by atoms with Gasteiger partial charge in [0, 0.05) is 4.88 Å². The molecule has 4 nitrogen and oxygen atoms in total. The van der Waals surface area contributed by atoms with E-state index in [9.17, 15) is 4.79 Å². The number of aryl methyl sites for hydroxylation is 2. The molecular weight excluding hydrogens is 270 g/mol. The van der Waals surface area contributed by atoms with Gasteiger partial charge in [-0.1, -0.05) is 23.4 Å². The Morgan fingerprint density at radius 2 is 1.90 bits per heavy atom. The van der Waals surface area contributed by atoms with Gasteiger partial charge in [0.05, 0.1) is 11.1 Å². The van der Waals surface area contributed by atoms with E-state index in [0.29, 0.717) is 0 Å². The topological polar surface area (TPSA) is 47.8 Å². The zero-order valence-electron chi connectivity index (χ0n) is 10.9. The molecule has 100 valence electrons. The van der Waals surface area contributed by atoms with Crippen molar-refractivity contribution in [2.45, 2.75) is 25.7 Å². The fourth-order valence-corrected chi connectivity index (χ4v) is 4.01. The van der Waals surface area contributed by atoms with Crippen LogP contribution in [0.3, 0.4) is 0 Å². The van der Waals surface area contributed by atoms with E-state index in [2.05, 4.69) is 10.3 Å². The van der Waals surface area contributed by atoms with Gasteiger partial charge in [-0.25, -0.2) is 0 Å². The fraction of sp³-hybridized carbons (Fsp3) is 0.267.